The van der Waals surface area contributed by atoms with Gasteiger partial charge in [-0.05, 0) is 41.1 Å². The summed E-state index contributed by atoms with van der Waals surface area (Å²) in [5.74, 6) is -0.633. The molecule has 5 nitrogen and oxygen atoms in total. The molecule has 0 spiro atoms. The third-order valence-corrected chi connectivity index (χ3v) is 5.50. The Balaban J connectivity index is 2.31. The van der Waals surface area contributed by atoms with Crippen LogP contribution in [-0.4, -0.2) is 49.7 Å². The number of morpholine rings is 1. The van der Waals surface area contributed by atoms with Crippen LogP contribution in [0.2, 0.25) is 0 Å². The topological polar surface area (TPSA) is 66.8 Å². The Morgan fingerprint density at radius 1 is 1.50 bits per heavy atom. The summed E-state index contributed by atoms with van der Waals surface area (Å²) in [6.45, 7) is 1.70. The Hall–Kier alpha value is -0.540. The highest BCUT2D eigenvalue weighted by atomic mass is 79.9. The molecule has 8 heteroatoms. The molecule has 2 rings (SSSR count). The molecule has 1 aromatic rings. The number of aliphatic hydroxyl groups excluding tert-OH is 1. The van der Waals surface area contributed by atoms with Gasteiger partial charge >= 0.3 is 0 Å². The Labute approximate surface area is 125 Å². The van der Waals surface area contributed by atoms with Gasteiger partial charge in [0.15, 0.2) is 0 Å². The number of benzene rings is 1. The van der Waals surface area contributed by atoms with Crippen molar-refractivity contribution < 1.29 is 22.7 Å². The first-order chi connectivity index (χ1) is 9.34. The minimum Gasteiger partial charge on any atom is -0.394 e. The van der Waals surface area contributed by atoms with Gasteiger partial charge in [-0.3, -0.25) is 0 Å². The molecule has 2 atom stereocenters. The molecule has 1 aliphatic heterocycles. The van der Waals surface area contributed by atoms with Gasteiger partial charge < -0.3 is 9.84 Å². The molecule has 0 amide bonds. The lowest BCUT2D eigenvalue weighted by Crippen LogP contribution is -2.50. The van der Waals surface area contributed by atoms with E-state index in [1.807, 2.05) is 0 Å². The summed E-state index contributed by atoms with van der Waals surface area (Å²) in [5.41, 5.74) is 0. The largest absolute Gasteiger partial charge is 0.394 e. The van der Waals surface area contributed by atoms with E-state index < -0.39 is 21.9 Å². The van der Waals surface area contributed by atoms with Crippen LogP contribution in [0.3, 0.4) is 0 Å². The molecule has 20 heavy (non-hydrogen) atoms. The maximum atomic E-state index is 13.5. The number of ether oxygens (including phenoxy) is 1. The second-order valence-corrected chi connectivity index (χ2v) is 7.44. The lowest BCUT2D eigenvalue weighted by molar-refractivity contribution is -0.0750. The molecule has 0 aromatic heterocycles. The molecule has 2 unspecified atom stereocenters. The van der Waals surface area contributed by atoms with Crippen molar-refractivity contribution in [2.24, 2.45) is 0 Å². The van der Waals surface area contributed by atoms with Gasteiger partial charge in [-0.2, -0.15) is 4.31 Å². The summed E-state index contributed by atoms with van der Waals surface area (Å²) in [6.07, 6.45) is -0.884. The van der Waals surface area contributed by atoms with Crippen molar-refractivity contribution in [3.8, 4) is 0 Å². The van der Waals surface area contributed by atoms with Crippen molar-refractivity contribution in [2.75, 3.05) is 19.7 Å². The third kappa shape index (κ3) is 3.20. The van der Waals surface area contributed by atoms with E-state index in [2.05, 4.69) is 15.9 Å². The van der Waals surface area contributed by atoms with Crippen LogP contribution in [0.25, 0.3) is 0 Å². The van der Waals surface area contributed by atoms with E-state index in [0.717, 1.165) is 6.07 Å². The fraction of sp³-hybridized carbons (Fsp3) is 0.500. The highest BCUT2D eigenvalue weighted by molar-refractivity contribution is 9.10. The SMILES string of the molecule is CC1CN(S(=O)(=O)c2ccc(Br)c(F)c2)CC(CO)O1. The van der Waals surface area contributed by atoms with Crippen LogP contribution in [0.4, 0.5) is 4.39 Å². The van der Waals surface area contributed by atoms with Gasteiger partial charge in [0.05, 0.1) is 28.2 Å². The molecule has 112 valence electrons. The number of nitrogens with zero attached hydrogens (tertiary/aromatic N) is 1. The van der Waals surface area contributed by atoms with Crippen LogP contribution >= 0.6 is 15.9 Å². The van der Waals surface area contributed by atoms with Gasteiger partial charge in [-0.1, -0.05) is 0 Å². The van der Waals surface area contributed by atoms with Crippen LogP contribution in [0, 0.1) is 5.82 Å². The highest BCUT2D eigenvalue weighted by Gasteiger charge is 2.33. The number of hydrogen-bond donors (Lipinski definition) is 1. The second-order valence-electron chi connectivity index (χ2n) is 4.65. The van der Waals surface area contributed by atoms with Gasteiger partial charge in [0.25, 0.3) is 0 Å². The standard InChI is InChI=1S/C12H15BrFNO4S/c1-8-5-15(6-9(7-16)19-8)20(17,18)10-2-3-11(13)12(14)4-10/h2-4,8-9,16H,5-7H2,1H3. The van der Waals surface area contributed by atoms with Gasteiger partial charge in [-0.25, -0.2) is 12.8 Å². The van der Waals surface area contributed by atoms with Gasteiger partial charge in [0.1, 0.15) is 5.82 Å². The summed E-state index contributed by atoms with van der Waals surface area (Å²) < 4.78 is 45.3. The van der Waals surface area contributed by atoms with Gasteiger partial charge in [0.2, 0.25) is 10.0 Å². The van der Waals surface area contributed by atoms with Crippen LogP contribution in [0.5, 0.6) is 0 Å². The third-order valence-electron chi connectivity index (χ3n) is 3.03. The number of sulfonamides is 1. The number of rotatable bonds is 3. The first-order valence-corrected chi connectivity index (χ1v) is 8.29. The average molecular weight is 368 g/mol. The van der Waals surface area contributed by atoms with Crippen LogP contribution in [-0.2, 0) is 14.8 Å². The Morgan fingerprint density at radius 3 is 2.80 bits per heavy atom. The summed E-state index contributed by atoms with van der Waals surface area (Å²) in [7, 11) is -3.80. The molecule has 0 saturated carbocycles. The van der Waals surface area contributed by atoms with Gasteiger partial charge in [-0.15, -0.1) is 0 Å². The van der Waals surface area contributed by atoms with E-state index in [1.54, 1.807) is 6.92 Å². The quantitative estimate of drug-likeness (QED) is 0.875. The highest BCUT2D eigenvalue weighted by Crippen LogP contribution is 2.24. The zero-order valence-electron chi connectivity index (χ0n) is 10.8. The smallest absolute Gasteiger partial charge is 0.243 e. The average Bonchev–Trinajstić information content (AvgIpc) is 2.41. The molecular formula is C12H15BrFNO4S. The van der Waals surface area contributed by atoms with E-state index >= 15 is 0 Å². The van der Waals surface area contributed by atoms with E-state index in [9.17, 15) is 12.8 Å². The number of hydrogen-bond acceptors (Lipinski definition) is 4. The molecule has 1 saturated heterocycles. The van der Waals surface area contributed by atoms with Crippen molar-refractivity contribution in [1.82, 2.24) is 4.31 Å². The fourth-order valence-electron chi connectivity index (χ4n) is 2.09. The predicted molar refractivity (Wildman–Crippen MR) is 74.3 cm³/mol. The molecule has 1 aliphatic rings. The molecule has 0 aliphatic carbocycles. The zero-order valence-corrected chi connectivity index (χ0v) is 13.2. The maximum absolute atomic E-state index is 13.5. The van der Waals surface area contributed by atoms with Crippen molar-refractivity contribution in [3.63, 3.8) is 0 Å². The summed E-state index contributed by atoms with van der Waals surface area (Å²) in [4.78, 5) is -0.107. The van der Waals surface area contributed by atoms with E-state index in [-0.39, 0.29) is 35.2 Å². The molecule has 1 fully saturated rings. The van der Waals surface area contributed by atoms with E-state index in [1.165, 1.54) is 16.4 Å². The molecule has 1 heterocycles. The second kappa shape index (κ2) is 6.07. The number of halogens is 2. The lowest BCUT2D eigenvalue weighted by Gasteiger charge is -2.35. The number of aliphatic hydroxyl groups is 1. The summed E-state index contributed by atoms with van der Waals surface area (Å²) in [5, 5.41) is 9.13. The van der Waals surface area contributed by atoms with Crippen molar-refractivity contribution in [3.05, 3.63) is 28.5 Å². The van der Waals surface area contributed by atoms with Crippen LogP contribution in [0.15, 0.2) is 27.6 Å². The summed E-state index contributed by atoms with van der Waals surface area (Å²) in [6, 6.07) is 3.68. The van der Waals surface area contributed by atoms with Gasteiger partial charge in [0, 0.05) is 13.1 Å². The first-order valence-electron chi connectivity index (χ1n) is 6.06. The predicted octanol–water partition coefficient (Wildman–Crippen LogP) is 1.36. The first kappa shape index (κ1) is 15.8. The minimum atomic E-state index is -3.80. The zero-order chi connectivity index (χ0) is 14.9. The Bertz CT molecular complexity index is 595. The Morgan fingerprint density at radius 2 is 2.20 bits per heavy atom. The monoisotopic (exact) mass is 367 g/mol. The fourth-order valence-corrected chi connectivity index (χ4v) is 3.89. The van der Waals surface area contributed by atoms with Crippen molar-refractivity contribution >= 4 is 26.0 Å². The van der Waals surface area contributed by atoms with Crippen molar-refractivity contribution in [2.45, 2.75) is 24.0 Å². The maximum Gasteiger partial charge on any atom is 0.243 e. The van der Waals surface area contributed by atoms with Crippen LogP contribution < -0.4 is 0 Å². The molecule has 1 aromatic carbocycles. The lowest BCUT2D eigenvalue weighted by atomic mass is 10.2. The van der Waals surface area contributed by atoms with Crippen LogP contribution in [0.1, 0.15) is 6.92 Å². The molecule has 0 bridgehead atoms. The molecular weight excluding hydrogens is 353 g/mol. The normalized spacial score (nSPS) is 24.8. The van der Waals surface area contributed by atoms with E-state index in [4.69, 9.17) is 9.84 Å². The molecule has 0 radical (unpaired) electrons. The minimum absolute atomic E-state index is 0.0564. The summed E-state index contributed by atoms with van der Waals surface area (Å²) >= 11 is 2.99. The Kier molecular flexibility index (Phi) is 4.80. The van der Waals surface area contributed by atoms with Crippen molar-refractivity contribution in [1.29, 1.82) is 0 Å². The molecule has 1 N–H and O–H groups in total. The van der Waals surface area contributed by atoms with E-state index in [0.29, 0.717) is 0 Å².